The Morgan fingerprint density at radius 1 is 0.944 bits per heavy atom. The fourth-order valence-electron chi connectivity index (χ4n) is 1.47. The number of hydrogen-bond acceptors (Lipinski definition) is 2. The number of rotatable bonds is 3. The van der Waals surface area contributed by atoms with E-state index in [0.29, 0.717) is 0 Å². The third-order valence-corrected chi connectivity index (χ3v) is 2.35. The van der Waals surface area contributed by atoms with E-state index in [4.69, 9.17) is 9.84 Å². The van der Waals surface area contributed by atoms with Crippen LogP contribution < -0.4 is 4.74 Å². The molecule has 0 aliphatic rings. The number of halogens is 3. The van der Waals surface area contributed by atoms with Gasteiger partial charge in [0.25, 0.3) is 0 Å². The molecule has 0 saturated heterocycles. The van der Waals surface area contributed by atoms with E-state index in [1.54, 1.807) is 0 Å². The van der Waals surface area contributed by atoms with Gasteiger partial charge < -0.3 is 9.84 Å². The zero-order chi connectivity index (χ0) is 13.1. The summed E-state index contributed by atoms with van der Waals surface area (Å²) in [5.74, 6) is -3.80. The van der Waals surface area contributed by atoms with Gasteiger partial charge >= 0.3 is 0 Å². The molecule has 0 amide bonds. The normalized spacial score (nSPS) is 10.4. The second-order valence-corrected chi connectivity index (χ2v) is 3.54. The summed E-state index contributed by atoms with van der Waals surface area (Å²) in [7, 11) is 0. The average molecular weight is 254 g/mol. The Morgan fingerprint density at radius 3 is 2.33 bits per heavy atom. The van der Waals surface area contributed by atoms with Crippen molar-refractivity contribution in [1.82, 2.24) is 0 Å². The first kappa shape index (κ1) is 12.4. The van der Waals surface area contributed by atoms with Crippen LogP contribution >= 0.6 is 0 Å². The second-order valence-electron chi connectivity index (χ2n) is 3.54. The molecule has 0 atom stereocenters. The molecule has 5 heteroatoms. The molecule has 1 N–H and O–H groups in total. The van der Waals surface area contributed by atoms with Crippen molar-refractivity contribution in [2.45, 2.75) is 6.61 Å². The molecule has 0 heterocycles. The van der Waals surface area contributed by atoms with Crippen molar-refractivity contribution in [3.63, 3.8) is 0 Å². The van der Waals surface area contributed by atoms with Gasteiger partial charge in [0.2, 0.25) is 5.82 Å². The number of ether oxygens (including phenoxy) is 1. The fraction of sp³-hybridized carbons (Fsp3) is 0.0769. The van der Waals surface area contributed by atoms with Gasteiger partial charge in [-0.2, -0.15) is 4.39 Å². The molecule has 0 bridgehead atoms. The molecule has 2 aromatic rings. The number of hydrogen-bond donors (Lipinski definition) is 1. The predicted molar refractivity (Wildman–Crippen MR) is 58.8 cm³/mol. The van der Waals surface area contributed by atoms with Crippen LogP contribution in [0.5, 0.6) is 11.5 Å². The Balaban J connectivity index is 2.43. The van der Waals surface area contributed by atoms with Crippen LogP contribution in [0.2, 0.25) is 0 Å². The molecule has 2 rings (SSSR count). The monoisotopic (exact) mass is 254 g/mol. The zero-order valence-corrected chi connectivity index (χ0v) is 9.16. The van der Waals surface area contributed by atoms with Crippen LogP contribution in [0.15, 0.2) is 36.4 Å². The molecular formula is C13H9F3O2. The minimum Gasteiger partial charge on any atom is -0.451 e. The van der Waals surface area contributed by atoms with Crippen molar-refractivity contribution in [2.75, 3.05) is 0 Å². The second kappa shape index (κ2) is 5.10. The van der Waals surface area contributed by atoms with Gasteiger partial charge in [-0.1, -0.05) is 18.2 Å². The topological polar surface area (TPSA) is 29.5 Å². The summed E-state index contributed by atoms with van der Waals surface area (Å²) >= 11 is 0. The molecule has 2 aromatic carbocycles. The van der Waals surface area contributed by atoms with Crippen LogP contribution in [0.4, 0.5) is 13.2 Å². The molecule has 0 aromatic heterocycles. The summed E-state index contributed by atoms with van der Waals surface area (Å²) in [4.78, 5) is 0. The lowest BCUT2D eigenvalue weighted by Crippen LogP contribution is -1.97. The number of benzene rings is 2. The first-order valence-corrected chi connectivity index (χ1v) is 5.13. The van der Waals surface area contributed by atoms with E-state index in [9.17, 15) is 13.2 Å². The van der Waals surface area contributed by atoms with E-state index in [2.05, 4.69) is 0 Å². The van der Waals surface area contributed by atoms with Gasteiger partial charge in [0.1, 0.15) is 0 Å². The molecule has 0 fully saturated rings. The summed E-state index contributed by atoms with van der Waals surface area (Å²) < 4.78 is 44.8. The first-order chi connectivity index (χ1) is 8.63. The fourth-order valence-corrected chi connectivity index (χ4v) is 1.47. The van der Waals surface area contributed by atoms with Gasteiger partial charge in [0.05, 0.1) is 6.61 Å². The third-order valence-electron chi connectivity index (χ3n) is 2.35. The van der Waals surface area contributed by atoms with Crippen molar-refractivity contribution < 1.29 is 23.0 Å². The van der Waals surface area contributed by atoms with Gasteiger partial charge in [-0.15, -0.1) is 0 Å². The van der Waals surface area contributed by atoms with Crippen LogP contribution in [0.25, 0.3) is 0 Å². The maximum absolute atomic E-state index is 13.5. The van der Waals surface area contributed by atoms with Crippen molar-refractivity contribution in [2.24, 2.45) is 0 Å². The van der Waals surface area contributed by atoms with E-state index < -0.39 is 29.8 Å². The van der Waals surface area contributed by atoms with Gasteiger partial charge in [-0.25, -0.2) is 8.78 Å². The third kappa shape index (κ3) is 2.31. The Bertz CT molecular complexity index is 570. The summed E-state index contributed by atoms with van der Waals surface area (Å²) in [5.41, 5.74) is 0.152. The molecule has 18 heavy (non-hydrogen) atoms. The van der Waals surface area contributed by atoms with Crippen LogP contribution in [0, 0.1) is 17.5 Å². The largest absolute Gasteiger partial charge is 0.451 e. The molecule has 0 unspecified atom stereocenters. The summed E-state index contributed by atoms with van der Waals surface area (Å²) in [6, 6.07) is 7.26. The summed E-state index contributed by atoms with van der Waals surface area (Å²) in [5, 5.41) is 9.03. The number of aliphatic hydroxyl groups excluding tert-OH is 1. The van der Waals surface area contributed by atoms with Crippen molar-refractivity contribution in [3.05, 3.63) is 59.4 Å². The van der Waals surface area contributed by atoms with E-state index in [1.807, 2.05) is 0 Å². The van der Waals surface area contributed by atoms with Crippen molar-refractivity contribution in [1.29, 1.82) is 0 Å². The SMILES string of the molecule is OCc1cccc(F)c1Oc1cccc(F)c1F. The Labute approximate surface area is 101 Å². The number of para-hydroxylation sites is 1. The Morgan fingerprint density at radius 2 is 1.61 bits per heavy atom. The van der Waals surface area contributed by atoms with Crippen molar-refractivity contribution >= 4 is 0 Å². The van der Waals surface area contributed by atoms with Crippen LogP contribution in [0.3, 0.4) is 0 Å². The lowest BCUT2D eigenvalue weighted by molar-refractivity contribution is 0.273. The van der Waals surface area contributed by atoms with Crippen LogP contribution in [0.1, 0.15) is 5.56 Å². The van der Waals surface area contributed by atoms with E-state index >= 15 is 0 Å². The van der Waals surface area contributed by atoms with E-state index in [0.717, 1.165) is 12.1 Å². The van der Waals surface area contributed by atoms with Crippen molar-refractivity contribution in [3.8, 4) is 11.5 Å². The highest BCUT2D eigenvalue weighted by molar-refractivity contribution is 5.39. The lowest BCUT2D eigenvalue weighted by atomic mass is 10.2. The Hall–Kier alpha value is -2.01. The number of aliphatic hydroxyl groups is 1. The maximum Gasteiger partial charge on any atom is 0.201 e. The Kier molecular flexibility index (Phi) is 3.53. The average Bonchev–Trinajstić information content (AvgIpc) is 2.37. The minimum atomic E-state index is -1.20. The molecule has 0 aliphatic heterocycles. The maximum atomic E-state index is 13.5. The quantitative estimate of drug-likeness (QED) is 0.909. The van der Waals surface area contributed by atoms with Gasteiger partial charge in [0, 0.05) is 5.56 Å². The zero-order valence-electron chi connectivity index (χ0n) is 9.16. The highest BCUT2D eigenvalue weighted by atomic mass is 19.2. The van der Waals surface area contributed by atoms with Crippen LogP contribution in [-0.4, -0.2) is 5.11 Å². The molecule has 0 radical (unpaired) electrons. The molecule has 0 saturated carbocycles. The predicted octanol–water partition coefficient (Wildman–Crippen LogP) is 3.39. The standard InChI is InChI=1S/C13H9F3O2/c14-9-4-2-6-11(12(9)16)18-13-8(7-17)3-1-5-10(13)15/h1-6,17H,7H2. The smallest absolute Gasteiger partial charge is 0.201 e. The molecule has 94 valence electrons. The highest BCUT2D eigenvalue weighted by Crippen LogP contribution is 2.30. The minimum absolute atomic E-state index is 0.152. The van der Waals surface area contributed by atoms with Gasteiger partial charge in [-0.3, -0.25) is 0 Å². The summed E-state index contributed by atoms with van der Waals surface area (Å²) in [6.45, 7) is -0.468. The van der Waals surface area contributed by atoms with Gasteiger partial charge in [-0.05, 0) is 18.2 Å². The van der Waals surface area contributed by atoms with E-state index in [-0.39, 0.29) is 11.3 Å². The lowest BCUT2D eigenvalue weighted by Gasteiger charge is -2.11. The van der Waals surface area contributed by atoms with Crippen LogP contribution in [-0.2, 0) is 6.61 Å². The van der Waals surface area contributed by atoms with E-state index in [1.165, 1.54) is 24.3 Å². The van der Waals surface area contributed by atoms with Gasteiger partial charge in [0.15, 0.2) is 23.1 Å². The first-order valence-electron chi connectivity index (χ1n) is 5.13. The highest BCUT2D eigenvalue weighted by Gasteiger charge is 2.14. The molecule has 0 spiro atoms. The summed E-state index contributed by atoms with van der Waals surface area (Å²) in [6.07, 6.45) is 0. The molecular weight excluding hydrogens is 245 g/mol. The molecule has 0 aliphatic carbocycles. The molecule has 2 nitrogen and oxygen atoms in total.